The molecule has 0 saturated carbocycles. The summed E-state index contributed by atoms with van der Waals surface area (Å²) in [6.07, 6.45) is 3.10. The van der Waals surface area contributed by atoms with Crippen molar-refractivity contribution in [1.29, 1.82) is 0 Å². The van der Waals surface area contributed by atoms with Gasteiger partial charge in [0, 0.05) is 11.7 Å². The zero-order valence-electron chi connectivity index (χ0n) is 7.09. The molecule has 1 aromatic rings. The van der Waals surface area contributed by atoms with E-state index in [9.17, 15) is 0 Å². The first-order valence-electron chi connectivity index (χ1n) is 4.39. The molecule has 0 aromatic heterocycles. The molecule has 0 aliphatic heterocycles. The zero-order chi connectivity index (χ0) is 8.55. The Labute approximate surface area is 72.6 Å². The van der Waals surface area contributed by atoms with Crippen LogP contribution in [0.5, 0.6) is 0 Å². The average molecular weight is 162 g/mol. The lowest BCUT2D eigenvalue weighted by molar-refractivity contribution is 0.577. The lowest BCUT2D eigenvalue weighted by Gasteiger charge is -2.22. The smallest absolute Gasteiger partial charge is 0.0349 e. The number of fused-ring (bicyclic) bond motifs is 1. The first-order valence-corrected chi connectivity index (χ1v) is 4.39. The maximum atomic E-state index is 5.86. The normalized spacial score (nSPS) is 21.9. The fourth-order valence-electron chi connectivity index (χ4n) is 1.86. The Morgan fingerprint density at radius 1 is 1.33 bits per heavy atom. The number of nitrogen functional groups attached to an aromatic ring is 1. The van der Waals surface area contributed by atoms with Gasteiger partial charge in [0.25, 0.3) is 0 Å². The molecular weight excluding hydrogens is 148 g/mol. The Bertz CT molecular complexity index is 294. The summed E-state index contributed by atoms with van der Waals surface area (Å²) in [5.74, 6) is 0. The third kappa shape index (κ3) is 1.18. The standard InChI is InChI=1S/C10H14N2/c11-8-4-5-9-7(6-8)2-1-3-10(9)12/h1-3,8H,4-6,11-12H2. The van der Waals surface area contributed by atoms with E-state index in [4.69, 9.17) is 11.5 Å². The van der Waals surface area contributed by atoms with Crippen molar-refractivity contribution in [3.8, 4) is 0 Å². The zero-order valence-corrected chi connectivity index (χ0v) is 7.09. The molecule has 2 rings (SSSR count). The van der Waals surface area contributed by atoms with Gasteiger partial charge >= 0.3 is 0 Å². The Hall–Kier alpha value is -1.02. The van der Waals surface area contributed by atoms with Crippen molar-refractivity contribution in [2.24, 2.45) is 5.73 Å². The first-order chi connectivity index (χ1) is 5.77. The fourth-order valence-corrected chi connectivity index (χ4v) is 1.86. The molecule has 12 heavy (non-hydrogen) atoms. The number of hydrogen-bond acceptors (Lipinski definition) is 2. The van der Waals surface area contributed by atoms with Gasteiger partial charge < -0.3 is 11.5 Å². The van der Waals surface area contributed by atoms with Crippen LogP contribution in [-0.4, -0.2) is 6.04 Å². The predicted octanol–water partition coefficient (Wildman–Crippen LogP) is 1.08. The molecule has 0 saturated heterocycles. The maximum absolute atomic E-state index is 5.86. The summed E-state index contributed by atoms with van der Waals surface area (Å²) < 4.78 is 0. The fraction of sp³-hybridized carbons (Fsp3) is 0.400. The minimum Gasteiger partial charge on any atom is -0.398 e. The van der Waals surface area contributed by atoms with E-state index < -0.39 is 0 Å². The van der Waals surface area contributed by atoms with Crippen LogP contribution < -0.4 is 11.5 Å². The van der Waals surface area contributed by atoms with Crippen molar-refractivity contribution >= 4 is 5.69 Å². The average Bonchev–Trinajstić information content (AvgIpc) is 2.04. The molecule has 0 amide bonds. The van der Waals surface area contributed by atoms with Gasteiger partial charge in [-0.3, -0.25) is 0 Å². The van der Waals surface area contributed by atoms with Crippen molar-refractivity contribution in [3.05, 3.63) is 29.3 Å². The van der Waals surface area contributed by atoms with Gasteiger partial charge in [-0.1, -0.05) is 12.1 Å². The Balaban J connectivity index is 2.42. The van der Waals surface area contributed by atoms with Crippen LogP contribution in [0.2, 0.25) is 0 Å². The van der Waals surface area contributed by atoms with Crippen molar-refractivity contribution < 1.29 is 0 Å². The molecule has 64 valence electrons. The number of benzene rings is 1. The van der Waals surface area contributed by atoms with E-state index in [-0.39, 0.29) is 0 Å². The Kier molecular flexibility index (Phi) is 1.77. The predicted molar refractivity (Wildman–Crippen MR) is 50.9 cm³/mol. The summed E-state index contributed by atoms with van der Waals surface area (Å²) in [5, 5.41) is 0. The molecule has 1 unspecified atom stereocenters. The third-order valence-corrected chi connectivity index (χ3v) is 2.56. The van der Waals surface area contributed by atoms with E-state index in [1.165, 1.54) is 11.1 Å². The molecule has 0 spiro atoms. The van der Waals surface area contributed by atoms with Crippen LogP contribution in [0.15, 0.2) is 18.2 Å². The van der Waals surface area contributed by atoms with Crippen molar-refractivity contribution in [2.45, 2.75) is 25.3 Å². The van der Waals surface area contributed by atoms with E-state index in [1.54, 1.807) is 0 Å². The van der Waals surface area contributed by atoms with Crippen LogP contribution in [0.3, 0.4) is 0 Å². The second kappa shape index (κ2) is 2.79. The van der Waals surface area contributed by atoms with E-state index in [1.807, 2.05) is 12.1 Å². The minimum absolute atomic E-state index is 0.333. The molecule has 1 aromatic carbocycles. The summed E-state index contributed by atoms with van der Waals surface area (Å²) in [6, 6.07) is 6.44. The molecule has 1 atom stereocenters. The third-order valence-electron chi connectivity index (χ3n) is 2.56. The highest BCUT2D eigenvalue weighted by Gasteiger charge is 2.16. The molecule has 0 bridgehead atoms. The van der Waals surface area contributed by atoms with Gasteiger partial charge in [0.1, 0.15) is 0 Å². The van der Waals surface area contributed by atoms with Gasteiger partial charge in [0.05, 0.1) is 0 Å². The second-order valence-electron chi connectivity index (χ2n) is 3.49. The monoisotopic (exact) mass is 162 g/mol. The number of anilines is 1. The molecule has 0 fully saturated rings. The van der Waals surface area contributed by atoms with Crippen molar-refractivity contribution in [3.63, 3.8) is 0 Å². The number of rotatable bonds is 0. The van der Waals surface area contributed by atoms with Crippen LogP contribution in [0.4, 0.5) is 5.69 Å². The number of hydrogen-bond donors (Lipinski definition) is 2. The summed E-state index contributed by atoms with van der Waals surface area (Å²) in [4.78, 5) is 0. The Morgan fingerprint density at radius 2 is 2.17 bits per heavy atom. The van der Waals surface area contributed by atoms with Crippen LogP contribution in [0.1, 0.15) is 17.5 Å². The first kappa shape index (κ1) is 7.62. The lowest BCUT2D eigenvalue weighted by Crippen LogP contribution is -2.28. The quantitative estimate of drug-likeness (QED) is 0.561. The SMILES string of the molecule is Nc1cccc2c1CCC(N)C2. The van der Waals surface area contributed by atoms with Gasteiger partial charge in [-0.05, 0) is 36.5 Å². The maximum Gasteiger partial charge on any atom is 0.0349 e. The topological polar surface area (TPSA) is 52.0 Å². The highest BCUT2D eigenvalue weighted by molar-refractivity contribution is 5.52. The molecule has 4 N–H and O–H groups in total. The molecular formula is C10H14N2. The van der Waals surface area contributed by atoms with Crippen LogP contribution >= 0.6 is 0 Å². The van der Waals surface area contributed by atoms with E-state index in [2.05, 4.69) is 6.07 Å². The van der Waals surface area contributed by atoms with E-state index >= 15 is 0 Å². The highest BCUT2D eigenvalue weighted by Crippen LogP contribution is 2.25. The Morgan fingerprint density at radius 3 is 3.00 bits per heavy atom. The van der Waals surface area contributed by atoms with E-state index in [0.29, 0.717) is 6.04 Å². The molecule has 0 heterocycles. The van der Waals surface area contributed by atoms with Gasteiger partial charge in [0.15, 0.2) is 0 Å². The van der Waals surface area contributed by atoms with Crippen molar-refractivity contribution in [2.75, 3.05) is 5.73 Å². The van der Waals surface area contributed by atoms with Gasteiger partial charge in [0.2, 0.25) is 0 Å². The van der Waals surface area contributed by atoms with E-state index in [0.717, 1.165) is 24.9 Å². The largest absolute Gasteiger partial charge is 0.398 e. The van der Waals surface area contributed by atoms with Crippen LogP contribution in [0.25, 0.3) is 0 Å². The summed E-state index contributed by atoms with van der Waals surface area (Å²) in [7, 11) is 0. The summed E-state index contributed by atoms with van der Waals surface area (Å²) in [6.45, 7) is 0. The molecule has 1 aliphatic carbocycles. The van der Waals surface area contributed by atoms with Gasteiger partial charge in [-0.25, -0.2) is 0 Å². The van der Waals surface area contributed by atoms with Crippen LogP contribution in [-0.2, 0) is 12.8 Å². The molecule has 2 nitrogen and oxygen atoms in total. The summed E-state index contributed by atoms with van der Waals surface area (Å²) >= 11 is 0. The number of nitrogens with two attached hydrogens (primary N) is 2. The molecule has 0 radical (unpaired) electrons. The molecule has 1 aliphatic rings. The minimum atomic E-state index is 0.333. The second-order valence-corrected chi connectivity index (χ2v) is 3.49. The van der Waals surface area contributed by atoms with Crippen LogP contribution in [0, 0.1) is 0 Å². The molecule has 2 heteroatoms. The highest BCUT2D eigenvalue weighted by atomic mass is 14.6. The van der Waals surface area contributed by atoms with Gasteiger partial charge in [-0.2, -0.15) is 0 Å². The van der Waals surface area contributed by atoms with Crippen molar-refractivity contribution in [1.82, 2.24) is 0 Å². The van der Waals surface area contributed by atoms with Gasteiger partial charge in [-0.15, -0.1) is 0 Å². The lowest BCUT2D eigenvalue weighted by atomic mass is 9.88. The summed E-state index contributed by atoms with van der Waals surface area (Å²) in [5.41, 5.74) is 15.3.